The first-order valence-electron chi connectivity index (χ1n) is 5.08. The topological polar surface area (TPSA) is 12.4 Å². The summed E-state index contributed by atoms with van der Waals surface area (Å²) in [5, 5.41) is 0. The van der Waals surface area contributed by atoms with Gasteiger partial charge in [-0.05, 0) is 25.5 Å². The fourth-order valence-electron chi connectivity index (χ4n) is 1.17. The summed E-state index contributed by atoms with van der Waals surface area (Å²) in [6.45, 7) is 8.01. The van der Waals surface area contributed by atoms with Crippen LogP contribution in [0.3, 0.4) is 0 Å². The van der Waals surface area contributed by atoms with Crippen molar-refractivity contribution in [2.75, 3.05) is 0 Å². The molecule has 1 heteroatoms. The molecule has 0 radical (unpaired) electrons. The Balaban J connectivity index is 2.51. The molecular formula is C14H17N. The average molecular weight is 199 g/mol. The van der Waals surface area contributed by atoms with E-state index in [1.54, 1.807) is 6.21 Å². The predicted molar refractivity (Wildman–Crippen MR) is 67.2 cm³/mol. The van der Waals surface area contributed by atoms with Crippen LogP contribution >= 0.6 is 0 Å². The smallest absolute Gasteiger partial charge is 0.0375 e. The molecule has 0 unspecified atom stereocenters. The van der Waals surface area contributed by atoms with E-state index in [0.717, 1.165) is 12.1 Å². The minimum absolute atomic E-state index is 0.813. The number of nitrogens with zero attached hydrogens (tertiary/aromatic N) is 1. The molecule has 0 amide bonds. The van der Waals surface area contributed by atoms with Crippen LogP contribution in [0.25, 0.3) is 0 Å². The Bertz CT molecular complexity index is 368. The normalized spacial score (nSPS) is 10.3. The van der Waals surface area contributed by atoms with Gasteiger partial charge in [0.25, 0.3) is 0 Å². The van der Waals surface area contributed by atoms with Crippen molar-refractivity contribution in [2.45, 2.75) is 20.3 Å². The molecule has 0 bridgehead atoms. The Hall–Kier alpha value is -1.63. The second-order valence-corrected chi connectivity index (χ2v) is 3.75. The lowest BCUT2D eigenvalue weighted by Gasteiger charge is -1.99. The number of aliphatic imine (C=N–C) groups is 1. The van der Waals surface area contributed by atoms with E-state index in [1.807, 2.05) is 38.1 Å². The fourth-order valence-corrected chi connectivity index (χ4v) is 1.17. The van der Waals surface area contributed by atoms with Gasteiger partial charge in [0.1, 0.15) is 0 Å². The van der Waals surface area contributed by atoms with Crippen molar-refractivity contribution in [1.29, 1.82) is 0 Å². The van der Waals surface area contributed by atoms with Crippen molar-refractivity contribution in [1.82, 2.24) is 0 Å². The van der Waals surface area contributed by atoms with E-state index < -0.39 is 0 Å². The van der Waals surface area contributed by atoms with Crippen LogP contribution in [0, 0.1) is 0 Å². The zero-order chi connectivity index (χ0) is 11.1. The summed E-state index contributed by atoms with van der Waals surface area (Å²) in [6, 6.07) is 10.2. The van der Waals surface area contributed by atoms with Gasteiger partial charge in [0.05, 0.1) is 0 Å². The molecule has 0 aromatic heterocycles. The molecular weight excluding hydrogens is 182 g/mol. The van der Waals surface area contributed by atoms with Gasteiger partial charge in [0.2, 0.25) is 0 Å². The van der Waals surface area contributed by atoms with Crippen LogP contribution in [-0.2, 0) is 6.42 Å². The molecule has 0 saturated heterocycles. The highest BCUT2D eigenvalue weighted by molar-refractivity contribution is 5.72. The maximum absolute atomic E-state index is 4.26. The van der Waals surface area contributed by atoms with Crippen LogP contribution in [-0.4, -0.2) is 6.21 Å². The number of hydrogen-bond acceptors (Lipinski definition) is 1. The largest absolute Gasteiger partial charge is 0.262 e. The third-order valence-corrected chi connectivity index (χ3v) is 1.92. The van der Waals surface area contributed by atoms with E-state index in [2.05, 4.69) is 23.7 Å². The highest BCUT2D eigenvalue weighted by Gasteiger charge is 1.92. The van der Waals surface area contributed by atoms with Crippen molar-refractivity contribution < 1.29 is 0 Å². The maximum Gasteiger partial charge on any atom is 0.0375 e. The van der Waals surface area contributed by atoms with Crippen LogP contribution in [0.4, 0.5) is 0 Å². The molecule has 1 nitrogen and oxygen atoms in total. The van der Waals surface area contributed by atoms with Crippen LogP contribution in [0.15, 0.2) is 59.2 Å². The van der Waals surface area contributed by atoms with Crippen molar-refractivity contribution in [2.24, 2.45) is 4.99 Å². The number of allylic oxidation sites excluding steroid dienone is 3. The predicted octanol–water partition coefficient (Wildman–Crippen LogP) is 3.78. The summed E-state index contributed by atoms with van der Waals surface area (Å²) in [6.07, 6.45) is 4.60. The van der Waals surface area contributed by atoms with E-state index in [4.69, 9.17) is 0 Å². The monoisotopic (exact) mass is 199 g/mol. The number of benzene rings is 1. The molecule has 0 spiro atoms. The van der Waals surface area contributed by atoms with Gasteiger partial charge in [-0.25, -0.2) is 0 Å². The zero-order valence-corrected chi connectivity index (χ0v) is 9.40. The first kappa shape index (κ1) is 11.4. The second-order valence-electron chi connectivity index (χ2n) is 3.75. The first-order chi connectivity index (χ1) is 7.18. The van der Waals surface area contributed by atoms with E-state index in [0.29, 0.717) is 0 Å². The fraction of sp³-hybridized carbons (Fsp3) is 0.214. The molecule has 0 aliphatic heterocycles. The van der Waals surface area contributed by atoms with Gasteiger partial charge >= 0.3 is 0 Å². The lowest BCUT2D eigenvalue weighted by Crippen LogP contribution is -1.86. The molecule has 0 saturated carbocycles. The SMILES string of the molecule is C=C(Cc1ccccc1)N=CC=C(C)C. The summed E-state index contributed by atoms with van der Waals surface area (Å²) in [4.78, 5) is 4.26. The lowest BCUT2D eigenvalue weighted by atomic mass is 10.1. The van der Waals surface area contributed by atoms with E-state index in [-0.39, 0.29) is 0 Å². The van der Waals surface area contributed by atoms with Crippen molar-refractivity contribution in [3.63, 3.8) is 0 Å². The summed E-state index contributed by atoms with van der Waals surface area (Å²) in [5.74, 6) is 0. The molecule has 0 fully saturated rings. The van der Waals surface area contributed by atoms with Gasteiger partial charge in [-0.2, -0.15) is 0 Å². The highest BCUT2D eigenvalue weighted by Crippen LogP contribution is 2.06. The molecule has 78 valence electrons. The zero-order valence-electron chi connectivity index (χ0n) is 9.40. The van der Waals surface area contributed by atoms with Crippen LogP contribution in [0.5, 0.6) is 0 Å². The highest BCUT2D eigenvalue weighted by atomic mass is 14.7. The van der Waals surface area contributed by atoms with Crippen molar-refractivity contribution in [3.05, 3.63) is 59.8 Å². The molecule has 0 N–H and O–H groups in total. The van der Waals surface area contributed by atoms with Gasteiger partial charge < -0.3 is 0 Å². The van der Waals surface area contributed by atoms with E-state index in [9.17, 15) is 0 Å². The third-order valence-electron chi connectivity index (χ3n) is 1.92. The Morgan fingerprint density at radius 1 is 1.27 bits per heavy atom. The molecule has 0 heterocycles. The summed E-state index contributed by atoms with van der Waals surface area (Å²) >= 11 is 0. The van der Waals surface area contributed by atoms with Crippen LogP contribution in [0.1, 0.15) is 19.4 Å². The van der Waals surface area contributed by atoms with Gasteiger partial charge in [0.15, 0.2) is 0 Å². The van der Waals surface area contributed by atoms with Crippen molar-refractivity contribution >= 4 is 6.21 Å². The molecule has 0 aliphatic rings. The Labute approximate surface area is 91.9 Å². The van der Waals surface area contributed by atoms with Crippen molar-refractivity contribution in [3.8, 4) is 0 Å². The molecule has 1 rings (SSSR count). The molecule has 0 atom stereocenters. The maximum atomic E-state index is 4.26. The Morgan fingerprint density at radius 2 is 1.93 bits per heavy atom. The number of hydrogen-bond donors (Lipinski definition) is 0. The van der Waals surface area contributed by atoms with Crippen LogP contribution in [0.2, 0.25) is 0 Å². The van der Waals surface area contributed by atoms with Crippen LogP contribution < -0.4 is 0 Å². The van der Waals surface area contributed by atoms with Gasteiger partial charge in [0, 0.05) is 18.3 Å². The third kappa shape index (κ3) is 4.96. The van der Waals surface area contributed by atoms with Gasteiger partial charge in [-0.15, -0.1) is 0 Å². The standard InChI is InChI=1S/C14H17N/c1-12(2)9-10-15-13(3)11-14-7-5-4-6-8-14/h4-10H,3,11H2,1-2H3. The molecule has 1 aromatic rings. The lowest BCUT2D eigenvalue weighted by molar-refractivity contribution is 1.12. The number of rotatable bonds is 4. The minimum Gasteiger partial charge on any atom is -0.262 e. The summed E-state index contributed by atoms with van der Waals surface area (Å²) < 4.78 is 0. The molecule has 0 aliphatic carbocycles. The average Bonchev–Trinajstić information content (AvgIpc) is 2.18. The van der Waals surface area contributed by atoms with E-state index >= 15 is 0 Å². The van der Waals surface area contributed by atoms with Gasteiger partial charge in [-0.3, -0.25) is 4.99 Å². The second kappa shape index (κ2) is 5.97. The van der Waals surface area contributed by atoms with Gasteiger partial charge in [-0.1, -0.05) is 42.5 Å². The Kier molecular flexibility index (Phi) is 4.55. The summed E-state index contributed by atoms with van der Waals surface area (Å²) in [7, 11) is 0. The molecule has 15 heavy (non-hydrogen) atoms. The minimum atomic E-state index is 0.813. The Morgan fingerprint density at radius 3 is 2.53 bits per heavy atom. The first-order valence-corrected chi connectivity index (χ1v) is 5.08. The quantitative estimate of drug-likeness (QED) is 0.654. The molecule has 1 aromatic carbocycles. The summed E-state index contributed by atoms with van der Waals surface area (Å²) in [5.41, 5.74) is 3.38. The van der Waals surface area contributed by atoms with E-state index in [1.165, 1.54) is 11.1 Å².